The maximum absolute atomic E-state index is 12.6. The van der Waals surface area contributed by atoms with Gasteiger partial charge in [0.05, 0.1) is 14.1 Å². The number of urea groups is 1. The van der Waals surface area contributed by atoms with E-state index in [1.54, 1.807) is 14.1 Å². The average Bonchev–Trinajstić information content (AvgIpc) is 2.60. The predicted molar refractivity (Wildman–Crippen MR) is 97.7 cm³/mol. The summed E-state index contributed by atoms with van der Waals surface area (Å²) < 4.78 is -0.0254. The summed E-state index contributed by atoms with van der Waals surface area (Å²) >= 11 is 0. The molecule has 0 saturated carbocycles. The molecule has 1 aliphatic rings. The van der Waals surface area contributed by atoms with Crippen LogP contribution >= 0.6 is 0 Å². The lowest BCUT2D eigenvalue weighted by molar-refractivity contribution is -0.872. The van der Waals surface area contributed by atoms with Crippen LogP contribution in [0.25, 0.3) is 5.57 Å². The lowest BCUT2D eigenvalue weighted by Crippen LogP contribution is -2.70. The van der Waals surface area contributed by atoms with Crippen molar-refractivity contribution in [1.29, 1.82) is 0 Å². The zero-order valence-electron chi connectivity index (χ0n) is 15.2. The fourth-order valence-corrected chi connectivity index (χ4v) is 3.24. The Hall–Kier alpha value is -2.44. The summed E-state index contributed by atoms with van der Waals surface area (Å²) in [6.07, 6.45) is 6.83. The Bertz CT molecular complexity index is 708. The van der Waals surface area contributed by atoms with Crippen molar-refractivity contribution in [2.75, 3.05) is 34.7 Å². The van der Waals surface area contributed by atoms with Crippen LogP contribution in [0.2, 0.25) is 0 Å². The number of aliphatic carboxylic acids is 1. The van der Waals surface area contributed by atoms with Crippen LogP contribution in [0.4, 0.5) is 4.79 Å². The summed E-state index contributed by atoms with van der Waals surface area (Å²) in [6, 6.07) is 9.75. The summed E-state index contributed by atoms with van der Waals surface area (Å²) in [5.74, 6) is -1.06. The second-order valence-corrected chi connectivity index (χ2v) is 6.84. The van der Waals surface area contributed by atoms with Crippen molar-refractivity contribution in [1.82, 2.24) is 10.2 Å². The third-order valence-electron chi connectivity index (χ3n) is 4.90. The molecular formula is C19H26N3O3+. The molecule has 1 aromatic rings. The number of carbonyl (C=O) groups excluding carboxylic acids is 1. The fraction of sp³-hybridized carbons (Fsp3) is 0.368. The van der Waals surface area contributed by atoms with Gasteiger partial charge in [0.2, 0.25) is 0 Å². The highest BCUT2D eigenvalue weighted by Crippen LogP contribution is 2.35. The Labute approximate surface area is 148 Å². The molecule has 1 aliphatic carbocycles. The second-order valence-electron chi connectivity index (χ2n) is 6.84. The maximum atomic E-state index is 12.6. The molecule has 1 aromatic carbocycles. The number of rotatable bonds is 5. The Balaban J connectivity index is 2.29. The molecule has 0 spiro atoms. The molecule has 0 saturated heterocycles. The highest BCUT2D eigenvalue weighted by Gasteiger charge is 2.51. The third kappa shape index (κ3) is 3.65. The molecule has 2 rings (SSSR count). The Morgan fingerprint density at radius 2 is 1.88 bits per heavy atom. The van der Waals surface area contributed by atoms with Gasteiger partial charge in [-0.05, 0) is 31.3 Å². The third-order valence-corrected chi connectivity index (χ3v) is 4.90. The van der Waals surface area contributed by atoms with Crippen LogP contribution in [0.15, 0.2) is 48.6 Å². The lowest BCUT2D eigenvalue weighted by Gasteiger charge is -2.48. The zero-order valence-corrected chi connectivity index (χ0v) is 15.2. The van der Waals surface area contributed by atoms with Gasteiger partial charge in [0, 0.05) is 6.42 Å². The van der Waals surface area contributed by atoms with Crippen LogP contribution in [0.3, 0.4) is 0 Å². The largest absolute Gasteiger partial charge is 0.480 e. The molecule has 6 nitrogen and oxygen atoms in total. The standard InChI is InChI=1S/C19H25N3O3/c1-21(2)19(22(3,4)18(25)20-14-17(23)24)12-10-16(11-13-19)15-8-6-5-7-9-15/h5-12H,13-14H2,1-4H3,(H-,20,23,24,25)/p+1. The van der Waals surface area contributed by atoms with Gasteiger partial charge in [0.25, 0.3) is 0 Å². The van der Waals surface area contributed by atoms with Crippen molar-refractivity contribution in [3.05, 3.63) is 54.1 Å². The lowest BCUT2D eigenvalue weighted by atomic mass is 9.90. The molecule has 2 amide bonds. The Kier molecular flexibility index (Phi) is 5.45. The molecule has 0 radical (unpaired) electrons. The summed E-state index contributed by atoms with van der Waals surface area (Å²) in [7, 11) is 7.44. The summed E-state index contributed by atoms with van der Waals surface area (Å²) in [4.78, 5) is 25.4. The summed E-state index contributed by atoms with van der Waals surface area (Å²) in [6.45, 7) is -0.390. The number of nitrogens with zero attached hydrogens (tertiary/aromatic N) is 2. The van der Waals surface area contributed by atoms with E-state index in [0.29, 0.717) is 6.42 Å². The number of carboxylic acid groups (broad SMARTS) is 1. The normalized spacial score (nSPS) is 20.3. The molecule has 1 atom stereocenters. The fourth-order valence-electron chi connectivity index (χ4n) is 3.24. The van der Waals surface area contributed by atoms with Gasteiger partial charge in [-0.3, -0.25) is 15.0 Å². The predicted octanol–water partition coefficient (Wildman–Crippen LogP) is 2.16. The Morgan fingerprint density at radius 3 is 2.36 bits per heavy atom. The van der Waals surface area contributed by atoms with E-state index < -0.39 is 18.2 Å². The van der Waals surface area contributed by atoms with Crippen molar-refractivity contribution < 1.29 is 19.2 Å². The minimum absolute atomic E-state index is 0.0254. The van der Waals surface area contributed by atoms with Gasteiger partial charge in [-0.25, -0.2) is 9.28 Å². The molecule has 0 aliphatic heterocycles. The number of carbonyl (C=O) groups is 2. The van der Waals surface area contributed by atoms with Crippen molar-refractivity contribution in [3.8, 4) is 0 Å². The van der Waals surface area contributed by atoms with E-state index in [4.69, 9.17) is 5.11 Å². The quantitative estimate of drug-likeness (QED) is 0.634. The topological polar surface area (TPSA) is 69.6 Å². The number of quaternary nitrogens is 1. The molecule has 0 bridgehead atoms. The van der Waals surface area contributed by atoms with E-state index in [2.05, 4.69) is 23.5 Å². The van der Waals surface area contributed by atoms with Gasteiger partial charge >= 0.3 is 12.0 Å². The van der Waals surface area contributed by atoms with Gasteiger partial charge < -0.3 is 5.11 Å². The van der Waals surface area contributed by atoms with Gasteiger partial charge in [-0.15, -0.1) is 0 Å². The highest BCUT2D eigenvalue weighted by atomic mass is 16.4. The molecule has 2 N–H and O–H groups in total. The van der Waals surface area contributed by atoms with Crippen molar-refractivity contribution in [2.45, 2.75) is 12.1 Å². The highest BCUT2D eigenvalue weighted by molar-refractivity contribution is 5.78. The number of benzene rings is 1. The Morgan fingerprint density at radius 1 is 1.24 bits per heavy atom. The van der Waals surface area contributed by atoms with E-state index in [9.17, 15) is 9.59 Å². The van der Waals surface area contributed by atoms with Gasteiger partial charge in [-0.1, -0.05) is 42.5 Å². The van der Waals surface area contributed by atoms with E-state index in [1.165, 1.54) is 0 Å². The molecular weight excluding hydrogens is 318 g/mol. The van der Waals surface area contributed by atoms with Crippen LogP contribution in [0.5, 0.6) is 0 Å². The second kappa shape index (κ2) is 7.21. The molecule has 25 heavy (non-hydrogen) atoms. The van der Waals surface area contributed by atoms with E-state index in [1.807, 2.05) is 49.3 Å². The van der Waals surface area contributed by atoms with E-state index in [0.717, 1.165) is 11.1 Å². The maximum Gasteiger partial charge on any atom is 0.418 e. The van der Waals surface area contributed by atoms with Crippen molar-refractivity contribution in [3.63, 3.8) is 0 Å². The number of carboxylic acids is 1. The SMILES string of the molecule is CN(C)C1([N+](C)(C)C(=O)NCC(=O)O)C=CC(c2ccccc2)=CC1. The first-order valence-electron chi connectivity index (χ1n) is 8.17. The van der Waals surface area contributed by atoms with Crippen LogP contribution in [-0.2, 0) is 4.79 Å². The molecule has 6 heteroatoms. The average molecular weight is 344 g/mol. The molecule has 0 fully saturated rings. The molecule has 0 aromatic heterocycles. The molecule has 1 unspecified atom stereocenters. The minimum atomic E-state index is -1.06. The van der Waals surface area contributed by atoms with Crippen molar-refractivity contribution >= 4 is 17.6 Å². The van der Waals surface area contributed by atoms with Crippen molar-refractivity contribution in [2.24, 2.45) is 0 Å². The number of hydrogen-bond acceptors (Lipinski definition) is 3. The van der Waals surface area contributed by atoms with E-state index >= 15 is 0 Å². The first kappa shape index (κ1) is 18.9. The summed E-state index contributed by atoms with van der Waals surface area (Å²) in [5.41, 5.74) is 1.65. The van der Waals surface area contributed by atoms with Crippen LogP contribution in [-0.4, -0.2) is 66.9 Å². The monoisotopic (exact) mass is 344 g/mol. The molecule has 134 valence electrons. The van der Waals surface area contributed by atoms with Crippen LogP contribution in [0.1, 0.15) is 12.0 Å². The number of likely N-dealkylation sites (N-methyl/N-ethyl adjacent to an activating group) is 2. The first-order chi connectivity index (χ1) is 11.7. The summed E-state index contributed by atoms with van der Waals surface area (Å²) in [5, 5.41) is 11.3. The van der Waals surface area contributed by atoms with E-state index in [-0.39, 0.29) is 10.5 Å². The van der Waals surface area contributed by atoms with Gasteiger partial charge in [0.15, 0.2) is 5.66 Å². The number of amides is 2. The smallest absolute Gasteiger partial charge is 0.418 e. The van der Waals surface area contributed by atoms with Gasteiger partial charge in [-0.2, -0.15) is 0 Å². The number of allylic oxidation sites excluding steroid dienone is 2. The van der Waals surface area contributed by atoms with Gasteiger partial charge in [0.1, 0.15) is 6.54 Å². The minimum Gasteiger partial charge on any atom is -0.480 e. The van der Waals surface area contributed by atoms with Crippen LogP contribution < -0.4 is 5.32 Å². The molecule has 0 heterocycles. The number of hydrogen-bond donors (Lipinski definition) is 2. The zero-order chi connectivity index (χ0) is 18.7. The van der Waals surface area contributed by atoms with Crippen LogP contribution in [0, 0.1) is 0 Å². The first-order valence-corrected chi connectivity index (χ1v) is 8.17. The number of nitrogens with one attached hydrogen (secondary N) is 1.